The van der Waals surface area contributed by atoms with Gasteiger partial charge in [-0.3, -0.25) is 14.7 Å². The van der Waals surface area contributed by atoms with Gasteiger partial charge >= 0.3 is 0 Å². The third kappa shape index (κ3) is 3.76. The molecule has 2 amide bonds. The molecule has 1 aliphatic heterocycles. The number of carbonyl (C=O) groups excluding carboxylic acids is 2. The van der Waals surface area contributed by atoms with Crippen LogP contribution in [-0.4, -0.2) is 62.2 Å². The fraction of sp³-hybridized carbons (Fsp3) is 0.368. The van der Waals surface area contributed by atoms with Crippen molar-refractivity contribution >= 4 is 34.1 Å². The van der Waals surface area contributed by atoms with Crippen LogP contribution in [0.1, 0.15) is 26.7 Å². The summed E-state index contributed by atoms with van der Waals surface area (Å²) in [7, 11) is 0. The molecular formula is C19H21N5O3S. The molecule has 3 N–H and O–H groups in total. The van der Waals surface area contributed by atoms with E-state index in [0.29, 0.717) is 18.5 Å². The number of aryl methyl sites for hydroxylation is 1. The molecule has 28 heavy (non-hydrogen) atoms. The number of nitrogens with one attached hydrogen (secondary N) is 2. The van der Waals surface area contributed by atoms with Crippen molar-refractivity contribution in [3.05, 3.63) is 46.0 Å². The van der Waals surface area contributed by atoms with E-state index in [1.54, 1.807) is 29.4 Å². The molecule has 1 saturated heterocycles. The fourth-order valence-corrected chi connectivity index (χ4v) is 4.27. The van der Waals surface area contributed by atoms with E-state index in [-0.39, 0.29) is 30.8 Å². The molecule has 1 fully saturated rings. The Morgan fingerprint density at radius 3 is 3.00 bits per heavy atom. The largest absolute Gasteiger partial charge is 0.389 e. The molecule has 4 rings (SSSR count). The monoisotopic (exact) mass is 399 g/mol. The maximum Gasteiger partial charge on any atom is 0.254 e. The number of H-pyrrole nitrogens is 1. The standard InChI is InChI=1S/C19H21N5O3S/c1-11-8-20-18(28-11)7-17(26)22-15-5-6-24(10-16(15)25)19(27)12-3-2-4-14-13(12)9-21-23-14/h2-4,8-9,15-16,25H,5-7,10H2,1H3,(H,21,23)(H,22,26). The number of piperidine rings is 1. The molecule has 2 unspecified atom stereocenters. The molecule has 9 heteroatoms. The second-order valence-corrected chi connectivity index (χ2v) is 8.28. The molecule has 8 nitrogen and oxygen atoms in total. The summed E-state index contributed by atoms with van der Waals surface area (Å²) >= 11 is 1.49. The average Bonchev–Trinajstić information content (AvgIpc) is 3.31. The lowest BCUT2D eigenvalue weighted by atomic mass is 10.00. The molecule has 0 saturated carbocycles. The predicted molar refractivity (Wildman–Crippen MR) is 105 cm³/mol. The van der Waals surface area contributed by atoms with Crippen LogP contribution >= 0.6 is 11.3 Å². The van der Waals surface area contributed by atoms with Gasteiger partial charge in [-0.15, -0.1) is 11.3 Å². The Hall–Kier alpha value is -2.78. The summed E-state index contributed by atoms with van der Waals surface area (Å²) < 4.78 is 0. The van der Waals surface area contributed by atoms with Crippen LogP contribution in [0.2, 0.25) is 0 Å². The zero-order chi connectivity index (χ0) is 19.7. The molecule has 0 aliphatic carbocycles. The van der Waals surface area contributed by atoms with E-state index in [1.807, 2.05) is 13.0 Å². The number of nitrogens with zero attached hydrogens (tertiary/aromatic N) is 3. The number of hydrogen-bond donors (Lipinski definition) is 3. The van der Waals surface area contributed by atoms with Crippen molar-refractivity contribution in [1.29, 1.82) is 0 Å². The Balaban J connectivity index is 1.37. The van der Waals surface area contributed by atoms with E-state index < -0.39 is 6.10 Å². The predicted octanol–water partition coefficient (Wildman–Crippen LogP) is 1.26. The third-order valence-electron chi connectivity index (χ3n) is 4.91. The quantitative estimate of drug-likeness (QED) is 0.612. The van der Waals surface area contributed by atoms with Gasteiger partial charge in [0.1, 0.15) is 5.01 Å². The van der Waals surface area contributed by atoms with Crippen molar-refractivity contribution in [3.8, 4) is 0 Å². The van der Waals surface area contributed by atoms with Gasteiger partial charge in [-0.05, 0) is 25.5 Å². The Morgan fingerprint density at radius 2 is 2.25 bits per heavy atom. The third-order valence-corrected chi connectivity index (χ3v) is 5.82. The smallest absolute Gasteiger partial charge is 0.254 e. The summed E-state index contributed by atoms with van der Waals surface area (Å²) in [6, 6.07) is 5.05. The SMILES string of the molecule is Cc1cnc(CC(=O)NC2CCN(C(=O)c3cccc4[nH]ncc34)CC2O)s1. The number of aliphatic hydroxyl groups is 1. The van der Waals surface area contributed by atoms with Crippen LogP contribution < -0.4 is 5.32 Å². The number of likely N-dealkylation sites (tertiary alicyclic amines) is 1. The van der Waals surface area contributed by atoms with Crippen molar-refractivity contribution in [2.24, 2.45) is 0 Å². The number of amides is 2. The fourth-order valence-electron chi connectivity index (χ4n) is 3.49. The van der Waals surface area contributed by atoms with Crippen LogP contribution in [0.15, 0.2) is 30.6 Å². The highest BCUT2D eigenvalue weighted by Crippen LogP contribution is 2.21. The van der Waals surface area contributed by atoms with Gasteiger partial charge in [0, 0.05) is 29.5 Å². The van der Waals surface area contributed by atoms with Crippen LogP contribution in [0.3, 0.4) is 0 Å². The number of hydrogen-bond acceptors (Lipinski definition) is 6. The summed E-state index contributed by atoms with van der Waals surface area (Å²) in [4.78, 5) is 32.0. The molecule has 3 heterocycles. The average molecular weight is 399 g/mol. The second kappa shape index (κ2) is 7.69. The van der Waals surface area contributed by atoms with Crippen molar-refractivity contribution < 1.29 is 14.7 Å². The van der Waals surface area contributed by atoms with E-state index in [4.69, 9.17) is 0 Å². The number of benzene rings is 1. The number of β-amino-alcohol motifs (C(OH)–C–C–N with tert-alkyl or cyclic N) is 1. The van der Waals surface area contributed by atoms with Gasteiger partial charge in [0.05, 0.1) is 35.8 Å². The van der Waals surface area contributed by atoms with Gasteiger partial charge < -0.3 is 15.3 Å². The van der Waals surface area contributed by atoms with Crippen LogP contribution in [-0.2, 0) is 11.2 Å². The molecule has 3 aromatic rings. The lowest BCUT2D eigenvalue weighted by Crippen LogP contribution is -2.55. The van der Waals surface area contributed by atoms with Crippen LogP contribution in [0, 0.1) is 6.92 Å². The molecule has 0 spiro atoms. The first-order chi connectivity index (χ1) is 13.5. The second-order valence-electron chi connectivity index (χ2n) is 6.96. The zero-order valence-corrected chi connectivity index (χ0v) is 16.2. The molecule has 0 bridgehead atoms. The summed E-state index contributed by atoms with van der Waals surface area (Å²) in [5.74, 6) is -0.310. The Bertz CT molecular complexity index is 1010. The number of aliphatic hydroxyl groups excluding tert-OH is 1. The summed E-state index contributed by atoms with van der Waals surface area (Å²) in [6.07, 6.45) is 3.26. The molecule has 0 radical (unpaired) electrons. The summed E-state index contributed by atoms with van der Waals surface area (Å²) in [5, 5.41) is 21.7. The number of rotatable bonds is 4. The Morgan fingerprint density at radius 1 is 1.39 bits per heavy atom. The Labute approximate surface area is 165 Å². The molecule has 2 aromatic heterocycles. The van der Waals surface area contributed by atoms with Crippen molar-refractivity contribution in [1.82, 2.24) is 25.4 Å². The minimum Gasteiger partial charge on any atom is -0.389 e. The molecule has 146 valence electrons. The van der Waals surface area contributed by atoms with Crippen molar-refractivity contribution in [3.63, 3.8) is 0 Å². The van der Waals surface area contributed by atoms with E-state index in [9.17, 15) is 14.7 Å². The van der Waals surface area contributed by atoms with E-state index in [1.165, 1.54) is 11.3 Å². The number of aromatic amines is 1. The van der Waals surface area contributed by atoms with E-state index in [0.717, 1.165) is 20.8 Å². The number of carbonyl (C=O) groups is 2. The maximum atomic E-state index is 12.9. The topological polar surface area (TPSA) is 111 Å². The number of aromatic nitrogens is 3. The van der Waals surface area contributed by atoms with E-state index in [2.05, 4.69) is 20.5 Å². The minimum absolute atomic E-state index is 0.144. The first-order valence-electron chi connectivity index (χ1n) is 9.11. The highest BCUT2D eigenvalue weighted by atomic mass is 32.1. The molecule has 1 aromatic carbocycles. The van der Waals surface area contributed by atoms with Gasteiger partial charge in [0.15, 0.2) is 0 Å². The lowest BCUT2D eigenvalue weighted by Gasteiger charge is -2.36. The molecule has 2 atom stereocenters. The normalized spacial score (nSPS) is 19.7. The number of fused-ring (bicyclic) bond motifs is 1. The van der Waals surface area contributed by atoms with Gasteiger partial charge in [0.25, 0.3) is 5.91 Å². The highest BCUT2D eigenvalue weighted by molar-refractivity contribution is 7.11. The Kier molecular flexibility index (Phi) is 5.10. The van der Waals surface area contributed by atoms with Gasteiger partial charge in [-0.25, -0.2) is 4.98 Å². The van der Waals surface area contributed by atoms with Crippen molar-refractivity contribution in [2.75, 3.05) is 13.1 Å². The summed E-state index contributed by atoms with van der Waals surface area (Å²) in [6.45, 7) is 2.58. The first kappa shape index (κ1) is 18.6. The van der Waals surface area contributed by atoms with Gasteiger partial charge in [0.2, 0.25) is 5.91 Å². The minimum atomic E-state index is -0.816. The van der Waals surface area contributed by atoms with Gasteiger partial charge in [-0.2, -0.15) is 5.10 Å². The van der Waals surface area contributed by atoms with Gasteiger partial charge in [-0.1, -0.05) is 6.07 Å². The van der Waals surface area contributed by atoms with Crippen LogP contribution in [0.4, 0.5) is 0 Å². The first-order valence-corrected chi connectivity index (χ1v) is 9.93. The molecular weight excluding hydrogens is 378 g/mol. The molecule has 1 aliphatic rings. The highest BCUT2D eigenvalue weighted by Gasteiger charge is 2.32. The maximum absolute atomic E-state index is 12.9. The zero-order valence-electron chi connectivity index (χ0n) is 15.4. The van der Waals surface area contributed by atoms with Crippen LogP contribution in [0.5, 0.6) is 0 Å². The number of thiazole rings is 1. The van der Waals surface area contributed by atoms with E-state index >= 15 is 0 Å². The lowest BCUT2D eigenvalue weighted by molar-refractivity contribution is -0.122. The van der Waals surface area contributed by atoms with Crippen LogP contribution in [0.25, 0.3) is 10.9 Å². The summed E-state index contributed by atoms with van der Waals surface area (Å²) in [5.41, 5.74) is 1.35. The van der Waals surface area contributed by atoms with Crippen molar-refractivity contribution in [2.45, 2.75) is 31.9 Å².